The van der Waals surface area contributed by atoms with Crippen LogP contribution in [0.2, 0.25) is 0 Å². The molecule has 0 spiro atoms. The van der Waals surface area contributed by atoms with Gasteiger partial charge in [-0.05, 0) is 44.4 Å². The lowest BCUT2D eigenvalue weighted by Crippen LogP contribution is -2.45. The van der Waals surface area contributed by atoms with Gasteiger partial charge in [0.15, 0.2) is 0 Å². The number of piperidine rings is 1. The third-order valence-electron chi connectivity index (χ3n) is 3.71. The Kier molecular flexibility index (Phi) is 5.35. The van der Waals surface area contributed by atoms with Crippen LogP contribution >= 0.6 is 0 Å². The number of nitrogens with one attached hydrogen (secondary N) is 1. The van der Waals surface area contributed by atoms with E-state index >= 15 is 0 Å². The number of nitrogens with zero attached hydrogens (tertiary/aromatic N) is 2. The van der Waals surface area contributed by atoms with E-state index in [0.717, 1.165) is 25.9 Å². The molecule has 1 N–H and O–H groups in total. The molecule has 0 aromatic carbocycles. The second-order valence-corrected chi connectivity index (χ2v) is 5.13. The molecule has 20 heavy (non-hydrogen) atoms. The van der Waals surface area contributed by atoms with Crippen molar-refractivity contribution >= 4 is 6.09 Å². The van der Waals surface area contributed by atoms with Crippen LogP contribution in [0.1, 0.15) is 38.3 Å². The van der Waals surface area contributed by atoms with Crippen LogP contribution in [-0.2, 0) is 4.74 Å². The van der Waals surface area contributed by atoms with E-state index < -0.39 is 0 Å². The summed E-state index contributed by atoms with van der Waals surface area (Å²) in [4.78, 5) is 17.5. The van der Waals surface area contributed by atoms with Crippen molar-refractivity contribution in [1.29, 1.82) is 0 Å². The van der Waals surface area contributed by atoms with E-state index in [-0.39, 0.29) is 6.09 Å². The van der Waals surface area contributed by atoms with Crippen LogP contribution in [0.4, 0.5) is 4.79 Å². The number of aromatic nitrogens is 1. The first-order chi connectivity index (χ1) is 9.70. The summed E-state index contributed by atoms with van der Waals surface area (Å²) in [5.74, 6) is 0. The van der Waals surface area contributed by atoms with Crippen LogP contribution in [0.5, 0.6) is 0 Å². The highest BCUT2D eigenvalue weighted by Gasteiger charge is 2.24. The lowest BCUT2D eigenvalue weighted by atomic mass is 10.0. The molecule has 1 saturated heterocycles. The lowest BCUT2D eigenvalue weighted by Gasteiger charge is -2.33. The number of pyridine rings is 1. The molecule has 5 nitrogen and oxygen atoms in total. The summed E-state index contributed by atoms with van der Waals surface area (Å²) < 4.78 is 5.03. The molecule has 1 amide bonds. The number of carbonyl (C=O) groups excluding carboxylic acids is 1. The van der Waals surface area contributed by atoms with E-state index in [2.05, 4.69) is 17.2 Å². The van der Waals surface area contributed by atoms with E-state index in [1.165, 1.54) is 5.56 Å². The largest absolute Gasteiger partial charge is 0.450 e. The fourth-order valence-corrected chi connectivity index (χ4v) is 2.55. The molecule has 1 fully saturated rings. The van der Waals surface area contributed by atoms with Crippen molar-refractivity contribution in [3.63, 3.8) is 0 Å². The number of carbonyl (C=O) groups is 1. The third kappa shape index (κ3) is 3.93. The minimum atomic E-state index is -0.187. The van der Waals surface area contributed by atoms with E-state index in [1.807, 2.05) is 31.5 Å². The summed E-state index contributed by atoms with van der Waals surface area (Å²) in [5, 5.41) is 3.62. The summed E-state index contributed by atoms with van der Waals surface area (Å²) in [6, 6.07) is 4.82. The molecule has 110 valence electrons. The van der Waals surface area contributed by atoms with E-state index in [1.54, 1.807) is 4.90 Å². The molecule has 1 atom stereocenters. The van der Waals surface area contributed by atoms with Gasteiger partial charge < -0.3 is 15.0 Å². The maximum atomic E-state index is 11.6. The molecule has 0 saturated carbocycles. The highest BCUT2D eigenvalue weighted by molar-refractivity contribution is 5.67. The zero-order valence-electron chi connectivity index (χ0n) is 12.2. The van der Waals surface area contributed by atoms with Crippen molar-refractivity contribution in [2.24, 2.45) is 0 Å². The second kappa shape index (κ2) is 7.24. The third-order valence-corrected chi connectivity index (χ3v) is 3.71. The molecule has 0 radical (unpaired) electrons. The number of ether oxygens (including phenoxy) is 1. The molecule has 2 heterocycles. The number of amides is 1. The Morgan fingerprint density at radius 2 is 2.10 bits per heavy atom. The first kappa shape index (κ1) is 14.8. The zero-order valence-corrected chi connectivity index (χ0v) is 12.2. The molecular formula is C15H23N3O2. The van der Waals surface area contributed by atoms with Crippen molar-refractivity contribution < 1.29 is 9.53 Å². The Morgan fingerprint density at radius 3 is 2.70 bits per heavy atom. The van der Waals surface area contributed by atoms with Crippen LogP contribution in [0.25, 0.3) is 0 Å². The van der Waals surface area contributed by atoms with Gasteiger partial charge in [0, 0.05) is 37.6 Å². The summed E-state index contributed by atoms with van der Waals surface area (Å²) in [7, 11) is 0. The Balaban J connectivity index is 1.78. The minimum Gasteiger partial charge on any atom is -0.450 e. The average Bonchev–Trinajstić information content (AvgIpc) is 2.49. The predicted octanol–water partition coefficient (Wildman–Crippen LogP) is 2.35. The van der Waals surface area contributed by atoms with Gasteiger partial charge in [-0.15, -0.1) is 0 Å². The number of rotatable bonds is 4. The molecule has 0 unspecified atom stereocenters. The van der Waals surface area contributed by atoms with Crippen molar-refractivity contribution in [2.75, 3.05) is 19.7 Å². The fraction of sp³-hybridized carbons (Fsp3) is 0.600. The van der Waals surface area contributed by atoms with E-state index in [4.69, 9.17) is 4.74 Å². The summed E-state index contributed by atoms with van der Waals surface area (Å²) in [6.45, 7) is 5.96. The fourth-order valence-electron chi connectivity index (χ4n) is 2.55. The second-order valence-electron chi connectivity index (χ2n) is 5.13. The summed E-state index contributed by atoms with van der Waals surface area (Å²) >= 11 is 0. The quantitative estimate of drug-likeness (QED) is 0.918. The van der Waals surface area contributed by atoms with Gasteiger partial charge in [-0.3, -0.25) is 4.98 Å². The van der Waals surface area contributed by atoms with Crippen molar-refractivity contribution in [3.05, 3.63) is 30.1 Å². The maximum Gasteiger partial charge on any atom is 0.409 e. The van der Waals surface area contributed by atoms with Gasteiger partial charge >= 0.3 is 6.09 Å². The SMILES string of the molecule is CCOC(=O)N1CCC(N[C@H](C)c2ccncc2)CC1. The van der Waals surface area contributed by atoms with Crippen LogP contribution in [0.15, 0.2) is 24.5 Å². The molecule has 0 aliphatic carbocycles. The lowest BCUT2D eigenvalue weighted by molar-refractivity contribution is 0.0944. The standard InChI is InChI=1S/C15H23N3O2/c1-3-20-15(19)18-10-6-14(7-11-18)17-12(2)13-4-8-16-9-5-13/h4-5,8-9,12,14,17H,3,6-7,10-11H2,1-2H3/t12-/m1/s1. The van der Waals surface area contributed by atoms with E-state index in [9.17, 15) is 4.79 Å². The molecule has 1 aromatic heterocycles. The first-order valence-corrected chi connectivity index (χ1v) is 7.28. The topological polar surface area (TPSA) is 54.5 Å². The highest BCUT2D eigenvalue weighted by Crippen LogP contribution is 2.17. The van der Waals surface area contributed by atoms with Gasteiger partial charge in [-0.2, -0.15) is 0 Å². The van der Waals surface area contributed by atoms with Crippen molar-refractivity contribution in [2.45, 2.75) is 38.8 Å². The minimum absolute atomic E-state index is 0.187. The average molecular weight is 277 g/mol. The van der Waals surface area contributed by atoms with Crippen molar-refractivity contribution in [3.8, 4) is 0 Å². The Bertz CT molecular complexity index is 416. The normalized spacial score (nSPS) is 17.8. The first-order valence-electron chi connectivity index (χ1n) is 7.28. The Morgan fingerprint density at radius 1 is 1.45 bits per heavy atom. The molecule has 1 aliphatic heterocycles. The van der Waals surface area contributed by atoms with Gasteiger partial charge in [-0.1, -0.05) is 0 Å². The van der Waals surface area contributed by atoms with Crippen LogP contribution in [0.3, 0.4) is 0 Å². The van der Waals surface area contributed by atoms with Gasteiger partial charge in [-0.25, -0.2) is 4.79 Å². The molecule has 2 rings (SSSR count). The summed E-state index contributed by atoms with van der Waals surface area (Å²) in [5.41, 5.74) is 1.24. The Hall–Kier alpha value is -1.62. The summed E-state index contributed by atoms with van der Waals surface area (Å²) in [6.07, 6.45) is 5.38. The predicted molar refractivity (Wildman–Crippen MR) is 77.4 cm³/mol. The number of hydrogen-bond acceptors (Lipinski definition) is 4. The molecule has 0 bridgehead atoms. The molecule has 5 heteroatoms. The van der Waals surface area contributed by atoms with Gasteiger partial charge in [0.25, 0.3) is 0 Å². The molecule has 1 aromatic rings. The maximum absolute atomic E-state index is 11.6. The van der Waals surface area contributed by atoms with Crippen molar-refractivity contribution in [1.82, 2.24) is 15.2 Å². The van der Waals surface area contributed by atoms with Crippen LogP contribution in [0, 0.1) is 0 Å². The van der Waals surface area contributed by atoms with Gasteiger partial charge in [0.05, 0.1) is 6.61 Å². The Labute approximate surface area is 120 Å². The smallest absolute Gasteiger partial charge is 0.409 e. The number of likely N-dealkylation sites (tertiary alicyclic amines) is 1. The number of hydrogen-bond donors (Lipinski definition) is 1. The van der Waals surface area contributed by atoms with Crippen LogP contribution < -0.4 is 5.32 Å². The monoisotopic (exact) mass is 277 g/mol. The van der Waals surface area contributed by atoms with Gasteiger partial charge in [0.2, 0.25) is 0 Å². The van der Waals surface area contributed by atoms with E-state index in [0.29, 0.717) is 18.7 Å². The van der Waals surface area contributed by atoms with Gasteiger partial charge in [0.1, 0.15) is 0 Å². The zero-order chi connectivity index (χ0) is 14.4. The van der Waals surface area contributed by atoms with Crippen LogP contribution in [-0.4, -0.2) is 41.7 Å². The highest BCUT2D eigenvalue weighted by atomic mass is 16.6. The molecule has 1 aliphatic rings. The molecular weight excluding hydrogens is 254 g/mol.